The lowest BCUT2D eigenvalue weighted by Crippen LogP contribution is -2.36. The number of rotatable bonds is 10. The Balaban J connectivity index is 1.62. The largest absolute Gasteiger partial charge is 0.478 e. The van der Waals surface area contributed by atoms with Crippen molar-refractivity contribution in [2.24, 2.45) is 0 Å². The van der Waals surface area contributed by atoms with E-state index in [4.69, 9.17) is 4.74 Å². The van der Waals surface area contributed by atoms with Crippen molar-refractivity contribution < 1.29 is 19.4 Å². The van der Waals surface area contributed by atoms with Crippen LogP contribution in [0.15, 0.2) is 95.9 Å². The number of dihydropyridines is 1. The zero-order valence-corrected chi connectivity index (χ0v) is 22.2. The first kappa shape index (κ1) is 26.9. The smallest absolute Gasteiger partial charge is 0.337 e. The molecule has 0 aliphatic carbocycles. The summed E-state index contributed by atoms with van der Waals surface area (Å²) >= 11 is 0. The number of esters is 1. The first-order chi connectivity index (χ1) is 18.3. The number of allylic oxidation sites excluding steroid dienone is 2. The van der Waals surface area contributed by atoms with Gasteiger partial charge in [-0.2, -0.15) is 0 Å². The molecular weight excluding hydrogens is 480 g/mol. The summed E-state index contributed by atoms with van der Waals surface area (Å²) in [6, 6.07) is 17.6. The number of ether oxygens (including phenoxy) is 1. The first-order valence-electron chi connectivity index (χ1n) is 12.7. The number of carbonyl (C=O) groups is 2. The number of likely N-dealkylation sites (N-methyl/N-ethyl adjacent to an activating group) is 1. The summed E-state index contributed by atoms with van der Waals surface area (Å²) in [5, 5.41) is 13.3. The van der Waals surface area contributed by atoms with Crippen LogP contribution in [0.1, 0.15) is 44.2 Å². The van der Waals surface area contributed by atoms with Gasteiger partial charge in [-0.3, -0.25) is 4.90 Å². The summed E-state index contributed by atoms with van der Waals surface area (Å²) < 4.78 is 7.87. The summed E-state index contributed by atoms with van der Waals surface area (Å²) in [4.78, 5) is 32.4. The molecule has 1 aliphatic rings. The highest BCUT2D eigenvalue weighted by molar-refractivity contribution is 5.99. The Labute approximate surface area is 223 Å². The van der Waals surface area contributed by atoms with Crippen molar-refractivity contribution in [3.8, 4) is 5.69 Å². The van der Waals surface area contributed by atoms with Gasteiger partial charge >= 0.3 is 11.9 Å². The van der Waals surface area contributed by atoms with Crippen LogP contribution < -0.4 is 5.32 Å². The van der Waals surface area contributed by atoms with Crippen molar-refractivity contribution in [3.63, 3.8) is 0 Å². The molecule has 2 unspecified atom stereocenters. The second kappa shape index (κ2) is 11.9. The number of aliphatic carboxylic acids is 1. The Morgan fingerprint density at radius 2 is 1.84 bits per heavy atom. The van der Waals surface area contributed by atoms with Gasteiger partial charge in [0, 0.05) is 42.6 Å². The zero-order valence-electron chi connectivity index (χ0n) is 22.2. The number of carboxylic acids is 1. The van der Waals surface area contributed by atoms with Crippen molar-refractivity contribution in [3.05, 3.63) is 107 Å². The van der Waals surface area contributed by atoms with Gasteiger partial charge in [-0.15, -0.1) is 0 Å². The maximum atomic E-state index is 13.7. The number of nitrogens with one attached hydrogen (secondary N) is 1. The predicted octanol–water partition coefficient (Wildman–Crippen LogP) is 4.65. The van der Waals surface area contributed by atoms with Crippen molar-refractivity contribution >= 4 is 11.9 Å². The quantitative estimate of drug-likeness (QED) is 0.380. The van der Waals surface area contributed by atoms with Crippen molar-refractivity contribution in [1.29, 1.82) is 0 Å². The van der Waals surface area contributed by atoms with Crippen LogP contribution in [0.4, 0.5) is 0 Å². The maximum absolute atomic E-state index is 13.7. The molecular formula is C30H34N4O4. The van der Waals surface area contributed by atoms with Crippen molar-refractivity contribution in [2.45, 2.75) is 45.8 Å². The number of hydrogen-bond donors (Lipinski definition) is 2. The van der Waals surface area contributed by atoms with Gasteiger partial charge in [-0.1, -0.05) is 49.4 Å². The Kier molecular flexibility index (Phi) is 8.43. The number of carbonyl (C=O) groups excluding carboxylic acids is 1. The lowest BCUT2D eigenvalue weighted by atomic mass is 9.80. The van der Waals surface area contributed by atoms with Gasteiger partial charge in [-0.05, 0) is 50.6 Å². The summed E-state index contributed by atoms with van der Waals surface area (Å²) in [5.41, 5.74) is 4.20. The third-order valence-corrected chi connectivity index (χ3v) is 6.76. The van der Waals surface area contributed by atoms with Crippen LogP contribution in [-0.4, -0.2) is 51.2 Å². The average Bonchev–Trinajstić information content (AvgIpc) is 3.43. The van der Waals surface area contributed by atoms with E-state index in [1.54, 1.807) is 26.4 Å². The Morgan fingerprint density at radius 3 is 2.50 bits per heavy atom. The van der Waals surface area contributed by atoms with Gasteiger partial charge in [0.15, 0.2) is 0 Å². The van der Waals surface area contributed by atoms with Gasteiger partial charge in [0.25, 0.3) is 0 Å². The van der Waals surface area contributed by atoms with Crippen molar-refractivity contribution in [2.75, 3.05) is 13.6 Å². The lowest BCUT2D eigenvalue weighted by Gasteiger charge is -2.31. The molecule has 4 rings (SSSR count). The van der Waals surface area contributed by atoms with E-state index in [0.29, 0.717) is 35.5 Å². The highest BCUT2D eigenvalue weighted by Crippen LogP contribution is 2.39. The highest BCUT2D eigenvalue weighted by atomic mass is 16.5. The third-order valence-electron chi connectivity index (χ3n) is 6.76. The monoisotopic (exact) mass is 514 g/mol. The van der Waals surface area contributed by atoms with Gasteiger partial charge < -0.3 is 19.7 Å². The van der Waals surface area contributed by atoms with Gasteiger partial charge in [-0.25, -0.2) is 14.6 Å². The summed E-state index contributed by atoms with van der Waals surface area (Å²) in [5.74, 6) is -2.39. The fraction of sp³-hybridized carbons (Fsp3) is 0.300. The molecule has 1 aliphatic heterocycles. The standard InChI is InChI=1S/C30H34N4O4/c1-5-25(18-33(4)17-22-10-7-6-8-11-22)38-30(37)27-21(3)32-20(2)26(29(35)36)28(27)23-12-9-13-24(16-23)34-15-14-31-19-34/h6-16,19,25,28,32H,5,17-18H2,1-4H3,(H,35,36). The molecule has 0 bridgehead atoms. The first-order valence-corrected chi connectivity index (χ1v) is 12.7. The number of aromatic nitrogens is 2. The molecule has 0 saturated heterocycles. The number of imidazole rings is 1. The third kappa shape index (κ3) is 6.03. The molecule has 0 fully saturated rings. The van der Waals surface area contributed by atoms with E-state index in [1.165, 1.54) is 5.56 Å². The van der Waals surface area contributed by atoms with E-state index in [9.17, 15) is 14.7 Å². The highest BCUT2D eigenvalue weighted by Gasteiger charge is 2.38. The molecule has 3 aromatic rings. The van der Waals surface area contributed by atoms with E-state index in [1.807, 2.05) is 67.2 Å². The lowest BCUT2D eigenvalue weighted by molar-refractivity contribution is -0.145. The van der Waals surface area contributed by atoms with Gasteiger partial charge in [0.05, 0.1) is 23.4 Å². The van der Waals surface area contributed by atoms with E-state index in [2.05, 4.69) is 27.3 Å². The van der Waals surface area contributed by atoms with E-state index in [0.717, 1.165) is 12.2 Å². The summed E-state index contributed by atoms with van der Waals surface area (Å²) in [6.07, 6.45) is 5.45. The van der Waals surface area contributed by atoms with Crippen molar-refractivity contribution in [1.82, 2.24) is 19.8 Å². The van der Waals surface area contributed by atoms with E-state index < -0.39 is 17.9 Å². The molecule has 2 heterocycles. The van der Waals surface area contributed by atoms with Crippen LogP contribution in [0.2, 0.25) is 0 Å². The molecule has 2 atom stereocenters. The second-order valence-corrected chi connectivity index (χ2v) is 9.62. The van der Waals surface area contributed by atoms with Crippen LogP contribution in [-0.2, 0) is 20.9 Å². The minimum absolute atomic E-state index is 0.125. The number of carboxylic acid groups (broad SMARTS) is 1. The normalized spacial score (nSPS) is 16.4. The number of benzene rings is 2. The average molecular weight is 515 g/mol. The molecule has 38 heavy (non-hydrogen) atoms. The summed E-state index contributed by atoms with van der Waals surface area (Å²) in [7, 11) is 2.00. The van der Waals surface area contributed by atoms with Gasteiger partial charge in [0.1, 0.15) is 6.10 Å². The predicted molar refractivity (Wildman–Crippen MR) is 145 cm³/mol. The number of hydrogen-bond acceptors (Lipinski definition) is 6. The Bertz CT molecular complexity index is 1350. The van der Waals surface area contributed by atoms with Gasteiger partial charge in [0.2, 0.25) is 0 Å². The van der Waals surface area contributed by atoms with Crippen LogP contribution in [0.5, 0.6) is 0 Å². The summed E-state index contributed by atoms with van der Waals surface area (Å²) in [6.45, 7) is 6.77. The van der Waals surface area contributed by atoms with Crippen LogP contribution in [0, 0.1) is 0 Å². The number of nitrogens with zero attached hydrogens (tertiary/aromatic N) is 3. The molecule has 0 radical (unpaired) electrons. The molecule has 2 aromatic carbocycles. The van der Waals surface area contributed by atoms with Crippen LogP contribution >= 0.6 is 0 Å². The Hall–Kier alpha value is -4.17. The van der Waals surface area contributed by atoms with E-state index in [-0.39, 0.29) is 11.7 Å². The van der Waals surface area contributed by atoms with E-state index >= 15 is 0 Å². The molecule has 198 valence electrons. The molecule has 2 N–H and O–H groups in total. The van der Waals surface area contributed by atoms with Crippen LogP contribution in [0.25, 0.3) is 5.69 Å². The molecule has 0 amide bonds. The molecule has 0 spiro atoms. The SMILES string of the molecule is CCC(CN(C)Cc1ccccc1)OC(=O)C1=C(C)NC(C)=C(C(=O)O)C1c1cccc(-n2ccnc2)c1. The maximum Gasteiger partial charge on any atom is 0.337 e. The topological polar surface area (TPSA) is 96.7 Å². The Morgan fingerprint density at radius 1 is 1.11 bits per heavy atom. The fourth-order valence-corrected chi connectivity index (χ4v) is 4.93. The molecule has 0 saturated carbocycles. The minimum Gasteiger partial charge on any atom is -0.478 e. The minimum atomic E-state index is -1.08. The fourth-order valence-electron chi connectivity index (χ4n) is 4.93. The zero-order chi connectivity index (χ0) is 27.2. The van der Waals surface area contributed by atoms with Crippen LogP contribution in [0.3, 0.4) is 0 Å². The second-order valence-electron chi connectivity index (χ2n) is 9.62. The molecule has 8 heteroatoms. The molecule has 1 aromatic heterocycles. The molecule has 8 nitrogen and oxygen atoms in total.